The van der Waals surface area contributed by atoms with Gasteiger partial charge in [0.1, 0.15) is 15.7 Å². The molecule has 1 aliphatic rings. The summed E-state index contributed by atoms with van der Waals surface area (Å²) >= 11 is 0. The molecule has 1 aliphatic carbocycles. The first-order chi connectivity index (χ1) is 20.7. The minimum absolute atomic E-state index is 0.0196. The Morgan fingerprint density at radius 2 is 1.84 bits per heavy atom. The second-order valence-corrected chi connectivity index (χ2v) is 13.4. The number of sulfone groups is 1. The van der Waals surface area contributed by atoms with Crippen molar-refractivity contribution in [1.29, 1.82) is 0 Å². The Hall–Kier alpha value is -4.90. The van der Waals surface area contributed by atoms with Crippen LogP contribution in [0.15, 0.2) is 73.2 Å². The van der Waals surface area contributed by atoms with E-state index in [1.54, 1.807) is 18.6 Å². The lowest BCUT2D eigenvalue weighted by molar-refractivity contribution is -0.117. The Morgan fingerprint density at radius 3 is 2.65 bits per heavy atom. The van der Waals surface area contributed by atoms with E-state index in [0.29, 0.717) is 22.5 Å². The van der Waals surface area contributed by atoms with Gasteiger partial charge in [-0.05, 0) is 72.4 Å². The number of nitrogens with zero attached hydrogens (tertiary/aromatic N) is 3. The second kappa shape index (κ2) is 10.4. The Labute approximate surface area is 246 Å². The third-order valence-electron chi connectivity index (χ3n) is 7.66. The molecule has 4 aromatic heterocycles. The summed E-state index contributed by atoms with van der Waals surface area (Å²) in [6, 6.07) is 16.3. The van der Waals surface area contributed by atoms with Crippen LogP contribution in [0.3, 0.4) is 0 Å². The van der Waals surface area contributed by atoms with Gasteiger partial charge in [-0.25, -0.2) is 17.8 Å². The van der Waals surface area contributed by atoms with Crippen molar-refractivity contribution >= 4 is 43.4 Å². The van der Waals surface area contributed by atoms with E-state index in [1.807, 2.05) is 42.5 Å². The van der Waals surface area contributed by atoms with Crippen LogP contribution in [-0.2, 0) is 21.1 Å². The number of rotatable bonds is 8. The lowest BCUT2D eigenvalue weighted by Crippen LogP contribution is -2.13. The van der Waals surface area contributed by atoms with Gasteiger partial charge in [-0.1, -0.05) is 18.2 Å². The number of nitrogens with one attached hydrogen (secondary N) is 3. The van der Waals surface area contributed by atoms with E-state index in [1.165, 1.54) is 18.4 Å². The molecule has 1 saturated carbocycles. The molecule has 1 fully saturated rings. The summed E-state index contributed by atoms with van der Waals surface area (Å²) in [6.45, 7) is 0. The SMILES string of the molecule is CS(=O)(=O)CCc1cc(F)cc(-c2cccc3[nH]c(-c4[nH]nc5ncc(-c6cncc(NC(=O)C7CC7)c6)cc45)cc23)c1. The molecule has 4 heterocycles. The maximum atomic E-state index is 14.6. The van der Waals surface area contributed by atoms with Crippen LogP contribution in [0.25, 0.3) is 55.6 Å². The highest BCUT2D eigenvalue weighted by Gasteiger charge is 2.29. The number of anilines is 1. The van der Waals surface area contributed by atoms with Crippen LogP contribution in [0, 0.1) is 11.7 Å². The molecule has 0 aliphatic heterocycles. The van der Waals surface area contributed by atoms with Crippen molar-refractivity contribution in [2.75, 3.05) is 17.3 Å². The highest BCUT2D eigenvalue weighted by Crippen LogP contribution is 2.36. The predicted molar refractivity (Wildman–Crippen MR) is 165 cm³/mol. The van der Waals surface area contributed by atoms with Gasteiger partial charge >= 0.3 is 0 Å². The predicted octanol–water partition coefficient (Wildman–Crippen LogP) is 5.91. The number of carbonyl (C=O) groups is 1. The normalized spacial score (nSPS) is 13.5. The quantitative estimate of drug-likeness (QED) is 0.201. The lowest BCUT2D eigenvalue weighted by atomic mass is 9.98. The van der Waals surface area contributed by atoms with E-state index >= 15 is 0 Å². The van der Waals surface area contributed by atoms with Crippen molar-refractivity contribution in [1.82, 2.24) is 25.1 Å². The molecule has 0 saturated heterocycles. The highest BCUT2D eigenvalue weighted by atomic mass is 32.2. The summed E-state index contributed by atoms with van der Waals surface area (Å²) in [5.74, 6) is -0.356. The van der Waals surface area contributed by atoms with Gasteiger partial charge < -0.3 is 10.3 Å². The highest BCUT2D eigenvalue weighted by molar-refractivity contribution is 7.90. The molecule has 9 nitrogen and oxygen atoms in total. The van der Waals surface area contributed by atoms with E-state index < -0.39 is 15.7 Å². The van der Waals surface area contributed by atoms with Gasteiger partial charge in [-0.15, -0.1) is 0 Å². The van der Waals surface area contributed by atoms with Gasteiger partial charge in [0.15, 0.2) is 5.65 Å². The molecule has 7 rings (SSSR count). The number of aryl methyl sites for hydroxylation is 1. The molecule has 0 unspecified atom stereocenters. The zero-order chi connectivity index (χ0) is 29.7. The van der Waals surface area contributed by atoms with Crippen molar-refractivity contribution in [3.8, 4) is 33.6 Å². The molecule has 0 atom stereocenters. The largest absolute Gasteiger partial charge is 0.353 e. The van der Waals surface area contributed by atoms with E-state index in [9.17, 15) is 17.6 Å². The first kappa shape index (κ1) is 27.0. The molecule has 43 heavy (non-hydrogen) atoms. The number of carbonyl (C=O) groups excluding carboxylic acids is 1. The number of aromatic amines is 2. The number of hydrogen-bond donors (Lipinski definition) is 3. The van der Waals surface area contributed by atoms with E-state index in [-0.39, 0.29) is 24.0 Å². The van der Waals surface area contributed by atoms with E-state index in [2.05, 4.69) is 30.5 Å². The van der Waals surface area contributed by atoms with Gasteiger partial charge in [-0.3, -0.25) is 14.9 Å². The van der Waals surface area contributed by atoms with Crippen molar-refractivity contribution in [3.63, 3.8) is 0 Å². The molecule has 1 amide bonds. The number of aromatic nitrogens is 5. The summed E-state index contributed by atoms with van der Waals surface area (Å²) in [4.78, 5) is 24.6. The topological polar surface area (TPSA) is 133 Å². The Kier molecular flexibility index (Phi) is 6.54. The van der Waals surface area contributed by atoms with E-state index in [4.69, 9.17) is 0 Å². The third kappa shape index (κ3) is 5.63. The average molecular weight is 595 g/mol. The summed E-state index contributed by atoms with van der Waals surface area (Å²) < 4.78 is 38.0. The zero-order valence-corrected chi connectivity index (χ0v) is 24.0. The van der Waals surface area contributed by atoms with Crippen LogP contribution in [0.2, 0.25) is 0 Å². The lowest BCUT2D eigenvalue weighted by Gasteiger charge is -2.08. The van der Waals surface area contributed by atoms with Crippen molar-refractivity contribution in [2.24, 2.45) is 5.92 Å². The fourth-order valence-corrected chi connectivity index (χ4v) is 5.92. The molecule has 6 aromatic rings. The van der Waals surface area contributed by atoms with E-state index in [0.717, 1.165) is 57.2 Å². The number of hydrogen-bond acceptors (Lipinski definition) is 6. The molecule has 216 valence electrons. The second-order valence-electron chi connectivity index (χ2n) is 11.1. The number of halogens is 1. The smallest absolute Gasteiger partial charge is 0.227 e. The molecular formula is C32H27FN6O3S. The monoisotopic (exact) mass is 594 g/mol. The number of H-pyrrole nitrogens is 2. The average Bonchev–Trinajstić information content (AvgIpc) is 3.61. The van der Waals surface area contributed by atoms with Crippen LogP contribution in [0.5, 0.6) is 0 Å². The van der Waals surface area contributed by atoms with Gasteiger partial charge in [0.2, 0.25) is 5.91 Å². The maximum Gasteiger partial charge on any atom is 0.227 e. The summed E-state index contributed by atoms with van der Waals surface area (Å²) in [6.07, 6.45) is 8.35. The van der Waals surface area contributed by atoms with Crippen molar-refractivity contribution < 1.29 is 17.6 Å². The van der Waals surface area contributed by atoms with Crippen LogP contribution < -0.4 is 5.32 Å². The zero-order valence-electron chi connectivity index (χ0n) is 23.2. The van der Waals surface area contributed by atoms with Crippen LogP contribution in [0.1, 0.15) is 18.4 Å². The minimum atomic E-state index is -3.18. The molecule has 0 bridgehead atoms. The number of pyridine rings is 2. The summed E-state index contributed by atoms with van der Waals surface area (Å²) in [5.41, 5.74) is 7.30. The molecule has 3 N–H and O–H groups in total. The molecule has 0 spiro atoms. The van der Waals surface area contributed by atoms with Crippen LogP contribution in [0.4, 0.5) is 10.1 Å². The number of benzene rings is 2. The van der Waals surface area contributed by atoms with Gasteiger partial charge in [0, 0.05) is 52.0 Å². The van der Waals surface area contributed by atoms with Crippen LogP contribution in [-0.4, -0.2) is 51.5 Å². The fraction of sp³-hybridized carbons (Fsp3) is 0.188. The van der Waals surface area contributed by atoms with Crippen molar-refractivity contribution in [3.05, 3.63) is 84.6 Å². The summed E-state index contributed by atoms with van der Waals surface area (Å²) in [7, 11) is -3.18. The first-order valence-electron chi connectivity index (χ1n) is 13.9. The van der Waals surface area contributed by atoms with Gasteiger partial charge in [0.05, 0.1) is 29.0 Å². The molecule has 11 heteroatoms. The Morgan fingerprint density at radius 1 is 1.00 bits per heavy atom. The molecule has 0 radical (unpaired) electrons. The van der Waals surface area contributed by atoms with Gasteiger partial charge in [-0.2, -0.15) is 5.10 Å². The summed E-state index contributed by atoms with van der Waals surface area (Å²) in [5, 5.41) is 12.1. The number of amides is 1. The Balaban J connectivity index is 1.25. The minimum Gasteiger partial charge on any atom is -0.353 e. The Bertz CT molecular complexity index is 2150. The maximum absolute atomic E-state index is 14.6. The third-order valence-corrected chi connectivity index (χ3v) is 8.61. The van der Waals surface area contributed by atoms with Crippen LogP contribution >= 0.6 is 0 Å². The molecule has 2 aromatic carbocycles. The fourth-order valence-electron chi connectivity index (χ4n) is 5.31. The van der Waals surface area contributed by atoms with Gasteiger partial charge in [0.25, 0.3) is 0 Å². The standard InChI is InChI=1S/C32H27FN6O3S/c1-43(41,42)8-7-18-9-20(11-23(33)10-18)25-3-2-4-28-26(25)14-29(37-28)30-27-13-22(16-35-31(27)39-38-30)21-12-24(17-34-15-21)36-32(40)19-5-6-19/h2-4,9-17,19,37H,5-8H2,1H3,(H,36,40)(H,35,38,39). The first-order valence-corrected chi connectivity index (χ1v) is 16.0. The molecular weight excluding hydrogens is 567 g/mol. The van der Waals surface area contributed by atoms with Crippen molar-refractivity contribution in [2.45, 2.75) is 19.3 Å². The number of fused-ring (bicyclic) bond motifs is 2.